The number of hydrogen-bond donors (Lipinski definition) is 2. The highest BCUT2D eigenvalue weighted by atomic mass is 16.3. The monoisotopic (exact) mass is 215 g/mol. The van der Waals surface area contributed by atoms with E-state index < -0.39 is 0 Å². The number of rotatable bonds is 1. The quantitative estimate of drug-likeness (QED) is 0.717. The zero-order chi connectivity index (χ0) is 12.0. The molecule has 2 rings (SSSR count). The summed E-state index contributed by atoms with van der Waals surface area (Å²) in [6.07, 6.45) is 1.90. The minimum atomic E-state index is 0.250. The second-order valence-electron chi connectivity index (χ2n) is 3.06. The molecule has 0 bridgehead atoms. The molecule has 0 radical (unpaired) electrons. The molecule has 0 unspecified atom stereocenters. The molecule has 0 fully saturated rings. The van der Waals surface area contributed by atoms with Gasteiger partial charge in [-0.3, -0.25) is 4.79 Å². The zero-order valence-corrected chi connectivity index (χ0v) is 8.76. The first-order valence-corrected chi connectivity index (χ1v) is 4.73. The van der Waals surface area contributed by atoms with Crippen molar-refractivity contribution in [3.63, 3.8) is 0 Å². The zero-order valence-electron chi connectivity index (χ0n) is 8.76. The lowest BCUT2D eigenvalue weighted by Crippen LogP contribution is -1.82. The van der Waals surface area contributed by atoms with E-state index in [0.29, 0.717) is 5.75 Å². The Morgan fingerprint density at radius 3 is 2.44 bits per heavy atom. The molecule has 3 nitrogen and oxygen atoms in total. The molecule has 0 aliphatic carbocycles. The predicted octanol–water partition coefficient (Wildman–Crippen LogP) is 2.29. The van der Waals surface area contributed by atoms with Gasteiger partial charge in [0, 0.05) is 10.9 Å². The molecule has 0 atom stereocenters. The van der Waals surface area contributed by atoms with Crippen molar-refractivity contribution in [2.75, 3.05) is 0 Å². The Labute approximate surface area is 93.8 Å². The van der Waals surface area contributed by atoms with E-state index in [4.69, 9.17) is 4.79 Å². The third-order valence-electron chi connectivity index (χ3n) is 2.15. The largest absolute Gasteiger partial charge is 0.507 e. The van der Waals surface area contributed by atoms with Gasteiger partial charge in [-0.05, 0) is 5.39 Å². The van der Waals surface area contributed by atoms with Gasteiger partial charge >= 0.3 is 0 Å². The van der Waals surface area contributed by atoms with E-state index in [1.54, 1.807) is 6.08 Å². The fraction of sp³-hybridized carbons (Fsp3) is 0. The maximum atomic E-state index is 9.78. The Bertz CT molecular complexity index is 506. The van der Waals surface area contributed by atoms with E-state index >= 15 is 0 Å². The van der Waals surface area contributed by atoms with Crippen LogP contribution in [0.15, 0.2) is 43.0 Å². The van der Waals surface area contributed by atoms with Gasteiger partial charge in [0.25, 0.3) is 0 Å². The molecule has 0 saturated carbocycles. The average molecular weight is 215 g/mol. The predicted molar refractivity (Wildman–Crippen MR) is 66.0 cm³/mol. The van der Waals surface area contributed by atoms with Crippen LogP contribution in [0.1, 0.15) is 5.56 Å². The lowest BCUT2D eigenvalue weighted by molar-refractivity contribution is -0.106. The van der Waals surface area contributed by atoms with E-state index in [-0.39, 0.29) is 6.41 Å². The standard InChI is InChI=1S/C12H10O.CH3NO/c1-2-9-7-8-10-5-3-4-6-11(10)12(9)13;2-1-3/h2-8,13H,1H2;1H,(H2,2,3). The van der Waals surface area contributed by atoms with Crippen molar-refractivity contribution < 1.29 is 9.90 Å². The van der Waals surface area contributed by atoms with Crippen molar-refractivity contribution in [2.24, 2.45) is 5.73 Å². The number of phenolic OH excluding ortho intramolecular Hbond substituents is 1. The minimum absolute atomic E-state index is 0.250. The summed E-state index contributed by atoms with van der Waals surface area (Å²) in [5.74, 6) is 0.313. The molecular formula is C13H13NO2. The summed E-state index contributed by atoms with van der Waals surface area (Å²) < 4.78 is 0. The van der Waals surface area contributed by atoms with E-state index in [1.807, 2.05) is 36.4 Å². The Morgan fingerprint density at radius 1 is 1.19 bits per heavy atom. The first-order valence-electron chi connectivity index (χ1n) is 4.73. The van der Waals surface area contributed by atoms with Gasteiger partial charge in [0.05, 0.1) is 0 Å². The highest BCUT2D eigenvalue weighted by molar-refractivity contribution is 5.91. The first kappa shape index (κ1) is 11.8. The van der Waals surface area contributed by atoms with Gasteiger partial charge in [0.2, 0.25) is 6.41 Å². The van der Waals surface area contributed by atoms with Gasteiger partial charge in [-0.25, -0.2) is 0 Å². The van der Waals surface area contributed by atoms with Crippen LogP contribution in [0, 0.1) is 0 Å². The van der Waals surface area contributed by atoms with Crippen molar-refractivity contribution >= 4 is 23.3 Å². The third-order valence-corrected chi connectivity index (χ3v) is 2.15. The molecule has 2 aromatic carbocycles. The Balaban J connectivity index is 0.000000386. The molecule has 0 saturated heterocycles. The molecule has 0 aromatic heterocycles. The molecule has 0 aliphatic heterocycles. The Kier molecular flexibility index (Phi) is 4.09. The maximum Gasteiger partial charge on any atom is 0.204 e. The van der Waals surface area contributed by atoms with E-state index in [1.165, 1.54) is 0 Å². The van der Waals surface area contributed by atoms with Gasteiger partial charge < -0.3 is 10.8 Å². The average Bonchev–Trinajstić information content (AvgIpc) is 2.31. The van der Waals surface area contributed by atoms with Crippen LogP contribution in [-0.2, 0) is 4.79 Å². The smallest absolute Gasteiger partial charge is 0.204 e. The van der Waals surface area contributed by atoms with Crippen LogP contribution in [0.25, 0.3) is 16.8 Å². The van der Waals surface area contributed by atoms with Crippen molar-refractivity contribution in [2.45, 2.75) is 0 Å². The van der Waals surface area contributed by atoms with Crippen molar-refractivity contribution in [1.29, 1.82) is 0 Å². The molecule has 0 spiro atoms. The van der Waals surface area contributed by atoms with Crippen molar-refractivity contribution in [3.8, 4) is 5.75 Å². The summed E-state index contributed by atoms with van der Waals surface area (Å²) in [5, 5.41) is 11.7. The van der Waals surface area contributed by atoms with Crippen molar-refractivity contribution in [3.05, 3.63) is 48.5 Å². The molecule has 16 heavy (non-hydrogen) atoms. The van der Waals surface area contributed by atoms with Crippen LogP contribution < -0.4 is 5.73 Å². The third kappa shape index (κ3) is 2.39. The summed E-state index contributed by atoms with van der Waals surface area (Å²) >= 11 is 0. The summed E-state index contributed by atoms with van der Waals surface area (Å²) in [4.78, 5) is 8.58. The summed E-state index contributed by atoms with van der Waals surface area (Å²) in [5.41, 5.74) is 4.94. The summed E-state index contributed by atoms with van der Waals surface area (Å²) in [6, 6.07) is 11.6. The number of benzene rings is 2. The summed E-state index contributed by atoms with van der Waals surface area (Å²) in [6.45, 7) is 3.64. The lowest BCUT2D eigenvalue weighted by Gasteiger charge is -2.03. The Hall–Kier alpha value is -2.29. The highest BCUT2D eigenvalue weighted by Gasteiger charge is 2.01. The number of fused-ring (bicyclic) bond motifs is 1. The van der Waals surface area contributed by atoms with E-state index in [2.05, 4.69) is 12.3 Å². The van der Waals surface area contributed by atoms with Gasteiger partial charge in [-0.2, -0.15) is 0 Å². The maximum absolute atomic E-state index is 9.78. The van der Waals surface area contributed by atoms with Crippen LogP contribution in [0.2, 0.25) is 0 Å². The second kappa shape index (κ2) is 5.56. The molecule has 2 aromatic rings. The molecular weight excluding hydrogens is 202 g/mol. The molecule has 1 amide bonds. The number of primary amides is 1. The van der Waals surface area contributed by atoms with E-state index in [0.717, 1.165) is 16.3 Å². The number of phenols is 1. The van der Waals surface area contributed by atoms with Crippen molar-refractivity contribution in [1.82, 2.24) is 0 Å². The van der Waals surface area contributed by atoms with Crippen LogP contribution >= 0.6 is 0 Å². The fourth-order valence-electron chi connectivity index (χ4n) is 1.44. The number of carbonyl (C=O) groups excluding carboxylic acids is 1. The van der Waals surface area contributed by atoms with Crippen LogP contribution in [-0.4, -0.2) is 11.5 Å². The van der Waals surface area contributed by atoms with Gasteiger partial charge in [-0.15, -0.1) is 0 Å². The van der Waals surface area contributed by atoms with Crippen LogP contribution in [0.4, 0.5) is 0 Å². The SMILES string of the molecule is C=Cc1ccc2ccccc2c1O.NC=O. The van der Waals surface area contributed by atoms with Gasteiger partial charge in [0.1, 0.15) is 5.75 Å². The molecule has 3 heteroatoms. The Morgan fingerprint density at radius 2 is 1.81 bits per heavy atom. The molecule has 82 valence electrons. The van der Waals surface area contributed by atoms with Crippen LogP contribution in [0.3, 0.4) is 0 Å². The highest BCUT2D eigenvalue weighted by Crippen LogP contribution is 2.28. The number of nitrogens with two attached hydrogens (primary N) is 1. The second-order valence-corrected chi connectivity index (χ2v) is 3.06. The topological polar surface area (TPSA) is 63.3 Å². The first-order chi connectivity index (χ1) is 7.74. The number of hydrogen-bond acceptors (Lipinski definition) is 2. The summed E-state index contributed by atoms with van der Waals surface area (Å²) in [7, 11) is 0. The van der Waals surface area contributed by atoms with Gasteiger partial charge in [-0.1, -0.05) is 49.1 Å². The normalized spacial score (nSPS) is 9.00. The molecule has 3 N–H and O–H groups in total. The molecule has 0 aliphatic rings. The van der Waals surface area contributed by atoms with E-state index in [9.17, 15) is 5.11 Å². The van der Waals surface area contributed by atoms with Crippen LogP contribution in [0.5, 0.6) is 5.75 Å². The number of amides is 1. The molecule has 0 heterocycles. The number of aromatic hydroxyl groups is 1. The minimum Gasteiger partial charge on any atom is -0.507 e. The van der Waals surface area contributed by atoms with Gasteiger partial charge in [0.15, 0.2) is 0 Å². The number of carbonyl (C=O) groups is 1. The fourth-order valence-corrected chi connectivity index (χ4v) is 1.44. The lowest BCUT2D eigenvalue weighted by atomic mass is 10.1.